The van der Waals surface area contributed by atoms with Crippen LogP contribution >= 0.6 is 0 Å². The van der Waals surface area contributed by atoms with Gasteiger partial charge in [0, 0.05) is 61.8 Å². The molecule has 0 radical (unpaired) electrons. The minimum atomic E-state index is -0.239. The number of nitrogens with two attached hydrogens (primary N) is 2. The molecular weight excluding hydrogens is 507 g/mol. The highest BCUT2D eigenvalue weighted by atomic mass is 19.1. The molecule has 5 rings (SSSR count). The summed E-state index contributed by atoms with van der Waals surface area (Å²) in [4.78, 5) is 17.0. The number of aliphatic imine (C=N–C) groups is 1. The number of hydrazine groups is 1. The highest BCUT2D eigenvalue weighted by Crippen LogP contribution is 2.27. The lowest BCUT2D eigenvalue weighted by Gasteiger charge is -2.43. The van der Waals surface area contributed by atoms with Crippen molar-refractivity contribution in [1.29, 1.82) is 0 Å². The van der Waals surface area contributed by atoms with Crippen LogP contribution in [-0.4, -0.2) is 71.0 Å². The largest absolute Gasteiger partial charge is 0.382 e. The molecular formula is C29H43FN10. The van der Waals surface area contributed by atoms with E-state index in [9.17, 15) is 4.39 Å². The van der Waals surface area contributed by atoms with E-state index in [1.165, 1.54) is 25.0 Å². The van der Waals surface area contributed by atoms with Gasteiger partial charge in [-0.2, -0.15) is 0 Å². The summed E-state index contributed by atoms with van der Waals surface area (Å²) >= 11 is 0. The summed E-state index contributed by atoms with van der Waals surface area (Å²) in [5, 5.41) is 7.45. The molecule has 1 aromatic heterocycles. The SMILES string of the molecule is CC.Cc1cc(/C(N)=N/NN)cnc1N1CCN(C2=NC(N3CCC[C@H]3C)NC(c3ccc(F)cc3)=C2)[C@H](C)C1. The third-order valence-electron chi connectivity index (χ3n) is 7.64. The van der Waals surface area contributed by atoms with Crippen molar-refractivity contribution in [1.82, 2.24) is 25.6 Å². The smallest absolute Gasteiger partial charge is 0.178 e. The number of hydrazone groups is 1. The zero-order valence-electron chi connectivity index (χ0n) is 24.2. The van der Waals surface area contributed by atoms with Crippen molar-refractivity contribution in [3.8, 4) is 0 Å². The molecule has 2 saturated heterocycles. The van der Waals surface area contributed by atoms with Crippen LogP contribution in [0.2, 0.25) is 0 Å². The van der Waals surface area contributed by atoms with Gasteiger partial charge < -0.3 is 20.9 Å². The van der Waals surface area contributed by atoms with Crippen LogP contribution in [0.1, 0.15) is 57.2 Å². The van der Waals surface area contributed by atoms with Crippen LogP contribution in [0.15, 0.2) is 52.7 Å². The van der Waals surface area contributed by atoms with Crippen LogP contribution in [0.3, 0.4) is 0 Å². The van der Waals surface area contributed by atoms with Gasteiger partial charge in [0.05, 0.1) is 0 Å². The van der Waals surface area contributed by atoms with Crippen LogP contribution in [-0.2, 0) is 0 Å². The predicted molar refractivity (Wildman–Crippen MR) is 161 cm³/mol. The zero-order valence-corrected chi connectivity index (χ0v) is 24.2. The topological polar surface area (TPSA) is 123 Å². The summed E-state index contributed by atoms with van der Waals surface area (Å²) in [5.74, 6) is 7.20. The molecule has 0 spiro atoms. The fraction of sp³-hybridized carbons (Fsp3) is 0.483. The Hall–Kier alpha value is -3.70. The van der Waals surface area contributed by atoms with E-state index in [1.807, 2.05) is 39.0 Å². The second kappa shape index (κ2) is 13.1. The Kier molecular flexibility index (Phi) is 9.59. The number of anilines is 1. The molecule has 1 unspecified atom stereocenters. The van der Waals surface area contributed by atoms with Crippen molar-refractivity contribution in [3.63, 3.8) is 0 Å². The van der Waals surface area contributed by atoms with Gasteiger partial charge in [0.1, 0.15) is 17.5 Å². The molecule has 216 valence electrons. The number of piperazine rings is 1. The second-order valence-electron chi connectivity index (χ2n) is 10.3. The van der Waals surface area contributed by atoms with Crippen LogP contribution in [0.5, 0.6) is 0 Å². The van der Waals surface area contributed by atoms with Gasteiger partial charge in [-0.1, -0.05) is 13.8 Å². The molecule has 0 bridgehead atoms. The Balaban J connectivity index is 0.00000181. The summed E-state index contributed by atoms with van der Waals surface area (Å²) in [6.07, 6.45) is 6.01. The number of likely N-dealkylation sites (tertiary alicyclic amines) is 1. The van der Waals surface area contributed by atoms with Gasteiger partial charge in [-0.15, -0.1) is 5.10 Å². The molecule has 10 nitrogen and oxygen atoms in total. The first-order chi connectivity index (χ1) is 19.3. The quantitative estimate of drug-likeness (QED) is 0.194. The number of hydrogen-bond acceptors (Lipinski definition) is 9. The maximum Gasteiger partial charge on any atom is 0.178 e. The summed E-state index contributed by atoms with van der Waals surface area (Å²) in [7, 11) is 0. The molecule has 1 aromatic carbocycles. The monoisotopic (exact) mass is 550 g/mol. The van der Waals surface area contributed by atoms with Gasteiger partial charge in [0.2, 0.25) is 0 Å². The molecule has 40 heavy (non-hydrogen) atoms. The van der Waals surface area contributed by atoms with Crippen molar-refractivity contribution in [2.24, 2.45) is 21.7 Å². The highest BCUT2D eigenvalue weighted by molar-refractivity contribution is 6.00. The van der Waals surface area contributed by atoms with Crippen LogP contribution in [0.4, 0.5) is 10.2 Å². The Morgan fingerprint density at radius 3 is 2.50 bits per heavy atom. The molecule has 4 heterocycles. The molecule has 6 N–H and O–H groups in total. The normalized spacial score (nSPS) is 23.6. The van der Waals surface area contributed by atoms with Gasteiger partial charge in [-0.05, 0) is 75.1 Å². The van der Waals surface area contributed by atoms with Gasteiger partial charge in [0.15, 0.2) is 12.1 Å². The number of hydrogen-bond donors (Lipinski definition) is 4. The first-order valence-electron chi connectivity index (χ1n) is 14.2. The highest BCUT2D eigenvalue weighted by Gasteiger charge is 2.33. The Morgan fingerprint density at radius 1 is 1.12 bits per heavy atom. The summed E-state index contributed by atoms with van der Waals surface area (Å²) < 4.78 is 13.6. The van der Waals surface area contributed by atoms with Crippen LogP contribution in [0.25, 0.3) is 5.70 Å². The van der Waals surface area contributed by atoms with Crippen molar-refractivity contribution in [2.75, 3.05) is 31.1 Å². The number of pyridine rings is 1. The predicted octanol–water partition coefficient (Wildman–Crippen LogP) is 2.96. The average Bonchev–Trinajstić information content (AvgIpc) is 3.40. The summed E-state index contributed by atoms with van der Waals surface area (Å²) in [5.41, 5.74) is 11.8. The number of nitrogens with one attached hydrogen (secondary N) is 2. The van der Waals surface area contributed by atoms with E-state index in [1.54, 1.807) is 6.20 Å². The Labute approximate surface area is 237 Å². The minimum Gasteiger partial charge on any atom is -0.382 e. The third kappa shape index (κ3) is 6.37. The fourth-order valence-electron chi connectivity index (χ4n) is 5.60. The number of halogens is 1. The van der Waals surface area contributed by atoms with E-state index < -0.39 is 0 Å². The Bertz CT molecular complexity index is 1240. The lowest BCUT2D eigenvalue weighted by molar-refractivity contribution is 0.176. The second-order valence-corrected chi connectivity index (χ2v) is 10.3. The van der Waals surface area contributed by atoms with Crippen LogP contribution in [0, 0.1) is 12.7 Å². The van der Waals surface area contributed by atoms with E-state index in [2.05, 4.69) is 50.6 Å². The molecule has 0 saturated carbocycles. The third-order valence-corrected chi connectivity index (χ3v) is 7.64. The van der Waals surface area contributed by atoms with Crippen molar-refractivity contribution < 1.29 is 4.39 Å². The van der Waals surface area contributed by atoms with Gasteiger partial charge in [-0.3, -0.25) is 4.90 Å². The van der Waals surface area contributed by atoms with E-state index in [0.29, 0.717) is 11.9 Å². The van der Waals surface area contributed by atoms with Crippen molar-refractivity contribution in [3.05, 3.63) is 65.1 Å². The molecule has 3 aliphatic rings. The fourth-order valence-corrected chi connectivity index (χ4v) is 5.60. The lowest BCUT2D eigenvalue weighted by Crippen LogP contribution is -2.56. The maximum absolute atomic E-state index is 13.6. The zero-order chi connectivity index (χ0) is 28.8. The summed E-state index contributed by atoms with van der Waals surface area (Å²) in [6, 6.07) is 9.29. The van der Waals surface area contributed by atoms with Crippen LogP contribution < -0.4 is 27.3 Å². The van der Waals surface area contributed by atoms with E-state index in [0.717, 1.165) is 60.2 Å². The minimum absolute atomic E-state index is 0.149. The standard InChI is InChI=1S/C27H37FN10.C2H6/c1-17-13-21(25(29)34-35-30)15-31-26(17)36-11-12-37(19(3)16-36)24-14-23(20-6-8-22(28)9-7-20)32-27(33-24)38-10-4-5-18(38)2;1-2/h6-9,13-15,18-19,27,32,35H,4-5,10-12,16,30H2,1-3H3,(H2,29,34);1-2H3/t18-,19-,27?;/m1./s1. The molecule has 3 atom stereocenters. The number of aromatic nitrogens is 1. The van der Waals surface area contributed by atoms with Gasteiger partial charge in [0.25, 0.3) is 0 Å². The molecule has 0 aliphatic carbocycles. The molecule has 11 heteroatoms. The van der Waals surface area contributed by atoms with Gasteiger partial charge >= 0.3 is 0 Å². The van der Waals surface area contributed by atoms with E-state index >= 15 is 0 Å². The van der Waals surface area contributed by atoms with E-state index in [4.69, 9.17) is 21.6 Å². The van der Waals surface area contributed by atoms with Gasteiger partial charge in [-0.25, -0.2) is 25.7 Å². The first kappa shape index (κ1) is 29.3. The maximum atomic E-state index is 13.6. The number of aryl methyl sites for hydroxylation is 1. The number of benzene rings is 1. The molecule has 0 amide bonds. The van der Waals surface area contributed by atoms with E-state index in [-0.39, 0.29) is 18.1 Å². The lowest BCUT2D eigenvalue weighted by atomic mass is 10.1. The molecule has 2 aromatic rings. The number of rotatable bonds is 5. The van der Waals surface area contributed by atoms with Crippen molar-refractivity contribution in [2.45, 2.75) is 65.8 Å². The molecule has 3 aliphatic heterocycles. The molecule has 2 fully saturated rings. The number of nitrogens with zero attached hydrogens (tertiary/aromatic N) is 6. The Morgan fingerprint density at radius 2 is 1.88 bits per heavy atom. The summed E-state index contributed by atoms with van der Waals surface area (Å²) in [6.45, 7) is 13.9. The average molecular weight is 551 g/mol. The van der Waals surface area contributed by atoms with Crippen molar-refractivity contribution >= 4 is 23.2 Å². The first-order valence-corrected chi connectivity index (χ1v) is 14.2. The number of amidine groups is 2.